The van der Waals surface area contributed by atoms with Crippen LogP contribution in [0.1, 0.15) is 18.4 Å². The Hall–Kier alpha value is -1.78. The maximum absolute atomic E-state index is 13.0. The molecule has 0 atom stereocenters. The largest absolute Gasteiger partial charge is 0.490 e. The third kappa shape index (κ3) is 3.84. The Morgan fingerprint density at radius 3 is 2.74 bits per heavy atom. The van der Waals surface area contributed by atoms with Crippen molar-refractivity contribution in [1.82, 2.24) is 4.90 Å². The first-order valence-electron chi connectivity index (χ1n) is 6.47. The summed E-state index contributed by atoms with van der Waals surface area (Å²) in [4.78, 5) is 13.3. The fourth-order valence-electron chi connectivity index (χ4n) is 1.99. The minimum Gasteiger partial charge on any atom is -0.490 e. The fourth-order valence-corrected chi connectivity index (χ4v) is 1.99. The molecule has 1 fully saturated rings. The lowest BCUT2D eigenvalue weighted by atomic mass is 10.2. The molecule has 0 unspecified atom stereocenters. The van der Waals surface area contributed by atoms with Crippen LogP contribution >= 0.6 is 0 Å². The number of likely N-dealkylation sites (tertiary alicyclic amines) is 1. The molecule has 1 aromatic carbocycles. The van der Waals surface area contributed by atoms with Crippen molar-refractivity contribution in [3.05, 3.63) is 29.6 Å². The number of carbonyl (C=O) groups excluding carboxylic acids is 1. The number of halogens is 1. The van der Waals surface area contributed by atoms with Crippen LogP contribution < -0.4 is 4.74 Å². The van der Waals surface area contributed by atoms with Gasteiger partial charge in [0.2, 0.25) is 0 Å². The lowest BCUT2D eigenvalue weighted by Gasteiger charge is -2.15. The SMILES string of the molecule is Cc1cc(OCCOC(=O)N2CCCC2)ccc1F. The Bertz CT molecular complexity index is 444. The zero-order valence-corrected chi connectivity index (χ0v) is 11.0. The van der Waals surface area contributed by atoms with Crippen molar-refractivity contribution in [2.75, 3.05) is 26.3 Å². The highest BCUT2D eigenvalue weighted by molar-refractivity contribution is 5.67. The molecule has 1 aliphatic heterocycles. The van der Waals surface area contributed by atoms with E-state index in [0.29, 0.717) is 11.3 Å². The molecule has 4 nitrogen and oxygen atoms in total. The van der Waals surface area contributed by atoms with Gasteiger partial charge in [0.25, 0.3) is 0 Å². The van der Waals surface area contributed by atoms with E-state index in [1.807, 2.05) is 0 Å². The summed E-state index contributed by atoms with van der Waals surface area (Å²) in [7, 11) is 0. The van der Waals surface area contributed by atoms with Crippen LogP contribution in [0.15, 0.2) is 18.2 Å². The normalized spacial score (nSPS) is 14.5. The second kappa shape index (κ2) is 6.41. The standard InChI is InChI=1S/C14H18FNO3/c1-11-10-12(4-5-13(11)15)18-8-9-19-14(17)16-6-2-3-7-16/h4-5,10H,2-3,6-9H2,1H3. The summed E-state index contributed by atoms with van der Waals surface area (Å²) in [6.07, 6.45) is 1.80. The number of aryl methyl sites for hydroxylation is 1. The Morgan fingerprint density at radius 2 is 2.05 bits per heavy atom. The molecular weight excluding hydrogens is 249 g/mol. The summed E-state index contributed by atoms with van der Waals surface area (Å²) in [5, 5.41) is 0. The van der Waals surface area contributed by atoms with Crippen LogP contribution in [-0.2, 0) is 4.74 Å². The average Bonchev–Trinajstić information content (AvgIpc) is 2.92. The van der Waals surface area contributed by atoms with Crippen LogP contribution in [0.2, 0.25) is 0 Å². The summed E-state index contributed by atoms with van der Waals surface area (Å²) in [6.45, 7) is 3.69. The van der Waals surface area contributed by atoms with Gasteiger partial charge in [-0.25, -0.2) is 9.18 Å². The van der Waals surface area contributed by atoms with Gasteiger partial charge >= 0.3 is 6.09 Å². The monoisotopic (exact) mass is 267 g/mol. The third-order valence-corrected chi connectivity index (χ3v) is 3.07. The summed E-state index contributed by atoms with van der Waals surface area (Å²) in [5.41, 5.74) is 0.534. The van der Waals surface area contributed by atoms with Crippen LogP contribution in [0.4, 0.5) is 9.18 Å². The summed E-state index contributed by atoms with van der Waals surface area (Å²) in [6, 6.07) is 4.54. The lowest BCUT2D eigenvalue weighted by molar-refractivity contribution is 0.0950. The predicted octanol–water partition coefficient (Wildman–Crippen LogP) is 2.75. The van der Waals surface area contributed by atoms with Crippen molar-refractivity contribution in [1.29, 1.82) is 0 Å². The molecular formula is C14H18FNO3. The van der Waals surface area contributed by atoms with Crippen LogP contribution in [-0.4, -0.2) is 37.3 Å². The number of ether oxygens (including phenoxy) is 2. The molecule has 104 valence electrons. The number of amides is 1. The van der Waals surface area contributed by atoms with E-state index in [0.717, 1.165) is 25.9 Å². The first-order valence-corrected chi connectivity index (χ1v) is 6.47. The van der Waals surface area contributed by atoms with Crippen molar-refractivity contribution in [2.24, 2.45) is 0 Å². The quantitative estimate of drug-likeness (QED) is 0.787. The maximum atomic E-state index is 13.0. The van der Waals surface area contributed by atoms with Gasteiger partial charge in [-0.15, -0.1) is 0 Å². The zero-order chi connectivity index (χ0) is 13.7. The number of benzene rings is 1. The molecule has 2 rings (SSSR count). The van der Waals surface area contributed by atoms with E-state index in [1.165, 1.54) is 6.07 Å². The molecule has 1 aromatic rings. The molecule has 0 bridgehead atoms. The van der Waals surface area contributed by atoms with Crippen molar-refractivity contribution >= 4 is 6.09 Å². The van der Waals surface area contributed by atoms with Gasteiger partial charge in [0, 0.05) is 13.1 Å². The Labute approximate surface area is 112 Å². The Morgan fingerprint density at radius 1 is 1.32 bits per heavy atom. The Balaban J connectivity index is 1.68. The molecule has 0 N–H and O–H groups in total. The highest BCUT2D eigenvalue weighted by atomic mass is 19.1. The molecule has 0 aliphatic carbocycles. The molecule has 5 heteroatoms. The molecule has 1 aliphatic rings. The van der Waals surface area contributed by atoms with Gasteiger partial charge in [-0.2, -0.15) is 0 Å². The van der Waals surface area contributed by atoms with Crippen LogP contribution in [0.25, 0.3) is 0 Å². The second-order valence-corrected chi connectivity index (χ2v) is 4.57. The molecule has 0 radical (unpaired) electrons. The van der Waals surface area contributed by atoms with Crippen LogP contribution in [0.3, 0.4) is 0 Å². The molecule has 0 spiro atoms. The lowest BCUT2D eigenvalue weighted by Crippen LogP contribution is -2.29. The molecule has 0 aromatic heterocycles. The third-order valence-electron chi connectivity index (χ3n) is 3.07. The smallest absolute Gasteiger partial charge is 0.409 e. The molecule has 1 heterocycles. The van der Waals surface area contributed by atoms with E-state index in [9.17, 15) is 9.18 Å². The van der Waals surface area contributed by atoms with Gasteiger partial charge in [-0.1, -0.05) is 0 Å². The molecule has 1 saturated heterocycles. The summed E-state index contributed by atoms with van der Waals surface area (Å²) < 4.78 is 23.5. The topological polar surface area (TPSA) is 38.8 Å². The van der Waals surface area contributed by atoms with Gasteiger partial charge in [0.15, 0.2) is 0 Å². The van der Waals surface area contributed by atoms with Gasteiger partial charge in [-0.05, 0) is 43.5 Å². The first kappa shape index (κ1) is 13.6. The Kier molecular flexibility index (Phi) is 4.60. The number of hydrogen-bond acceptors (Lipinski definition) is 3. The zero-order valence-electron chi connectivity index (χ0n) is 11.0. The van der Waals surface area contributed by atoms with E-state index in [-0.39, 0.29) is 25.1 Å². The number of carbonyl (C=O) groups is 1. The maximum Gasteiger partial charge on any atom is 0.409 e. The molecule has 0 saturated carbocycles. The highest BCUT2D eigenvalue weighted by Crippen LogP contribution is 2.15. The predicted molar refractivity (Wildman–Crippen MR) is 68.8 cm³/mol. The van der Waals surface area contributed by atoms with E-state index in [2.05, 4.69) is 0 Å². The van der Waals surface area contributed by atoms with E-state index in [1.54, 1.807) is 24.0 Å². The minimum absolute atomic E-state index is 0.200. The summed E-state index contributed by atoms with van der Waals surface area (Å²) >= 11 is 0. The van der Waals surface area contributed by atoms with E-state index >= 15 is 0 Å². The van der Waals surface area contributed by atoms with Gasteiger partial charge in [0.1, 0.15) is 24.8 Å². The number of nitrogens with zero attached hydrogens (tertiary/aromatic N) is 1. The first-order chi connectivity index (χ1) is 9.16. The average molecular weight is 267 g/mol. The van der Waals surface area contributed by atoms with E-state index in [4.69, 9.17) is 9.47 Å². The minimum atomic E-state index is -0.281. The van der Waals surface area contributed by atoms with Gasteiger partial charge in [0.05, 0.1) is 0 Å². The van der Waals surface area contributed by atoms with E-state index < -0.39 is 0 Å². The fraction of sp³-hybridized carbons (Fsp3) is 0.500. The molecule has 1 amide bonds. The van der Waals surface area contributed by atoms with Gasteiger partial charge in [-0.3, -0.25) is 0 Å². The van der Waals surface area contributed by atoms with Crippen molar-refractivity contribution in [2.45, 2.75) is 19.8 Å². The van der Waals surface area contributed by atoms with Crippen LogP contribution in [0.5, 0.6) is 5.75 Å². The van der Waals surface area contributed by atoms with Crippen molar-refractivity contribution in [3.63, 3.8) is 0 Å². The molecule has 19 heavy (non-hydrogen) atoms. The van der Waals surface area contributed by atoms with Crippen molar-refractivity contribution in [3.8, 4) is 5.75 Å². The highest BCUT2D eigenvalue weighted by Gasteiger charge is 2.18. The number of rotatable bonds is 4. The van der Waals surface area contributed by atoms with Crippen LogP contribution in [0, 0.1) is 12.7 Å². The van der Waals surface area contributed by atoms with Gasteiger partial charge < -0.3 is 14.4 Å². The van der Waals surface area contributed by atoms with Crippen molar-refractivity contribution < 1.29 is 18.7 Å². The number of hydrogen-bond donors (Lipinski definition) is 0. The second-order valence-electron chi connectivity index (χ2n) is 4.57. The summed E-state index contributed by atoms with van der Waals surface area (Å²) in [5.74, 6) is 0.323.